The number of nitrogens with zero attached hydrogens (tertiary/aromatic N) is 2. The Morgan fingerprint density at radius 1 is 1.24 bits per heavy atom. The highest BCUT2D eigenvalue weighted by Crippen LogP contribution is 2.38. The highest BCUT2D eigenvalue weighted by atomic mass is 35.5. The Bertz CT molecular complexity index is 1210. The molecule has 1 aliphatic rings. The molecule has 4 nitrogen and oxygen atoms in total. The molecular formula is C22H19ClN2O2S2. The molecule has 0 N–H and O–H groups in total. The molecule has 0 saturated carbocycles. The molecule has 1 fully saturated rings. The number of hydrogen-bond donors (Lipinski definition) is 0. The van der Waals surface area contributed by atoms with Crippen LogP contribution in [0.25, 0.3) is 20.3 Å². The molecule has 0 bridgehead atoms. The lowest BCUT2D eigenvalue weighted by Crippen LogP contribution is -2.37. The molecule has 2 aromatic carbocycles. The van der Waals surface area contributed by atoms with Crippen molar-refractivity contribution in [3.63, 3.8) is 0 Å². The maximum atomic E-state index is 13.6. The number of carbonyl (C=O) groups is 1. The van der Waals surface area contributed by atoms with Crippen molar-refractivity contribution in [3.8, 4) is 0 Å². The first kappa shape index (κ1) is 19.0. The molecule has 148 valence electrons. The minimum atomic E-state index is -0.109. The summed E-state index contributed by atoms with van der Waals surface area (Å²) in [6.45, 7) is 3.29. The predicted molar refractivity (Wildman–Crippen MR) is 122 cm³/mol. The second-order valence-electron chi connectivity index (χ2n) is 7.26. The minimum Gasteiger partial charge on any atom is -0.376 e. The molecule has 3 heterocycles. The summed E-state index contributed by atoms with van der Waals surface area (Å²) in [6.07, 6.45) is 2.00. The third-order valence-electron chi connectivity index (χ3n) is 5.15. The summed E-state index contributed by atoms with van der Waals surface area (Å²) < 4.78 is 7.92. The Balaban J connectivity index is 1.58. The number of benzene rings is 2. The second kappa shape index (κ2) is 7.69. The van der Waals surface area contributed by atoms with Gasteiger partial charge in [-0.05, 0) is 43.5 Å². The number of aromatic nitrogens is 1. The van der Waals surface area contributed by atoms with Crippen molar-refractivity contribution >= 4 is 65.6 Å². The van der Waals surface area contributed by atoms with E-state index in [1.165, 1.54) is 28.2 Å². The maximum absolute atomic E-state index is 13.6. The SMILES string of the molecule is Cc1ccc2nc(N(CC3CCCO3)C(=O)c3sc4ccccc4c3Cl)sc2c1. The van der Waals surface area contributed by atoms with Crippen LogP contribution in [-0.2, 0) is 4.74 Å². The number of thiazole rings is 1. The largest absolute Gasteiger partial charge is 0.376 e. The number of rotatable bonds is 4. The summed E-state index contributed by atoms with van der Waals surface area (Å²) in [5.41, 5.74) is 2.08. The molecular weight excluding hydrogens is 424 g/mol. The molecule has 0 spiro atoms. The first-order valence-electron chi connectivity index (χ1n) is 9.58. The molecule has 0 aliphatic carbocycles. The molecule has 1 saturated heterocycles. The van der Waals surface area contributed by atoms with E-state index in [0.29, 0.717) is 21.6 Å². The summed E-state index contributed by atoms with van der Waals surface area (Å²) >= 11 is 9.59. The van der Waals surface area contributed by atoms with Crippen LogP contribution in [-0.4, -0.2) is 30.1 Å². The monoisotopic (exact) mass is 442 g/mol. The number of fused-ring (bicyclic) bond motifs is 2. The Labute approximate surface area is 181 Å². The van der Waals surface area contributed by atoms with Crippen LogP contribution in [0.2, 0.25) is 5.02 Å². The van der Waals surface area contributed by atoms with Gasteiger partial charge in [-0.3, -0.25) is 9.69 Å². The second-order valence-corrected chi connectivity index (χ2v) is 9.70. The van der Waals surface area contributed by atoms with E-state index in [1.54, 1.807) is 4.90 Å². The molecule has 0 radical (unpaired) electrons. The van der Waals surface area contributed by atoms with Crippen LogP contribution in [0.3, 0.4) is 0 Å². The van der Waals surface area contributed by atoms with E-state index in [1.807, 2.05) is 36.4 Å². The van der Waals surface area contributed by atoms with Gasteiger partial charge in [0.05, 0.1) is 27.9 Å². The predicted octanol–water partition coefficient (Wildman–Crippen LogP) is 6.30. The van der Waals surface area contributed by atoms with E-state index in [4.69, 9.17) is 21.3 Å². The number of amides is 1. The zero-order valence-electron chi connectivity index (χ0n) is 15.9. The van der Waals surface area contributed by atoms with Crippen molar-refractivity contribution in [2.75, 3.05) is 18.1 Å². The van der Waals surface area contributed by atoms with Crippen molar-refractivity contribution in [1.82, 2.24) is 4.98 Å². The average Bonchev–Trinajstić information content (AvgIpc) is 3.44. The summed E-state index contributed by atoms with van der Waals surface area (Å²) in [5, 5.41) is 2.13. The van der Waals surface area contributed by atoms with Gasteiger partial charge >= 0.3 is 0 Å². The highest BCUT2D eigenvalue weighted by Gasteiger charge is 2.29. The lowest BCUT2D eigenvalue weighted by atomic mass is 10.2. The van der Waals surface area contributed by atoms with Crippen LogP contribution in [0.4, 0.5) is 5.13 Å². The Morgan fingerprint density at radius 2 is 2.10 bits per heavy atom. The van der Waals surface area contributed by atoms with E-state index in [9.17, 15) is 4.79 Å². The Hall–Kier alpha value is -1.99. The van der Waals surface area contributed by atoms with Crippen LogP contribution < -0.4 is 4.90 Å². The third-order valence-corrected chi connectivity index (χ3v) is 7.85. The van der Waals surface area contributed by atoms with E-state index >= 15 is 0 Å². The Kier molecular flexibility index (Phi) is 5.04. The number of aryl methyl sites for hydroxylation is 1. The van der Waals surface area contributed by atoms with Gasteiger partial charge in [0.15, 0.2) is 5.13 Å². The first-order valence-corrected chi connectivity index (χ1v) is 11.6. The fourth-order valence-electron chi connectivity index (χ4n) is 3.65. The third kappa shape index (κ3) is 3.55. The fraction of sp³-hybridized carbons (Fsp3) is 0.273. The normalized spacial score (nSPS) is 16.7. The van der Waals surface area contributed by atoms with Crippen molar-refractivity contribution in [2.45, 2.75) is 25.9 Å². The van der Waals surface area contributed by atoms with Gasteiger partial charge in [-0.1, -0.05) is 47.2 Å². The van der Waals surface area contributed by atoms with Crippen molar-refractivity contribution in [1.29, 1.82) is 0 Å². The molecule has 4 aromatic rings. The van der Waals surface area contributed by atoms with Crippen LogP contribution in [0.15, 0.2) is 42.5 Å². The summed E-state index contributed by atoms with van der Waals surface area (Å²) in [6, 6.07) is 14.0. The van der Waals surface area contributed by atoms with Gasteiger partial charge in [-0.2, -0.15) is 0 Å². The van der Waals surface area contributed by atoms with Gasteiger partial charge in [0.25, 0.3) is 5.91 Å². The van der Waals surface area contributed by atoms with Gasteiger partial charge < -0.3 is 4.74 Å². The quantitative estimate of drug-likeness (QED) is 0.372. The van der Waals surface area contributed by atoms with Crippen molar-refractivity contribution in [2.24, 2.45) is 0 Å². The number of halogens is 1. The van der Waals surface area contributed by atoms with Crippen LogP contribution >= 0.6 is 34.3 Å². The zero-order valence-corrected chi connectivity index (χ0v) is 18.2. The number of anilines is 1. The topological polar surface area (TPSA) is 42.4 Å². The number of hydrogen-bond acceptors (Lipinski definition) is 5. The Morgan fingerprint density at radius 3 is 2.90 bits per heavy atom. The molecule has 7 heteroatoms. The minimum absolute atomic E-state index is 0.0286. The van der Waals surface area contributed by atoms with Gasteiger partial charge in [0.1, 0.15) is 4.88 Å². The summed E-state index contributed by atoms with van der Waals surface area (Å²) in [4.78, 5) is 20.7. The molecule has 29 heavy (non-hydrogen) atoms. The maximum Gasteiger partial charge on any atom is 0.271 e. The lowest BCUT2D eigenvalue weighted by Gasteiger charge is -2.22. The smallest absolute Gasteiger partial charge is 0.271 e. The zero-order chi connectivity index (χ0) is 20.0. The molecule has 5 rings (SSSR count). The van der Waals surface area contributed by atoms with Crippen LogP contribution in [0.1, 0.15) is 28.1 Å². The van der Waals surface area contributed by atoms with E-state index < -0.39 is 0 Å². The van der Waals surface area contributed by atoms with Crippen molar-refractivity contribution in [3.05, 3.63) is 57.9 Å². The molecule has 1 amide bonds. The molecule has 1 unspecified atom stereocenters. The molecule has 1 atom stereocenters. The number of ether oxygens (including phenoxy) is 1. The number of thiophene rings is 1. The lowest BCUT2D eigenvalue weighted by molar-refractivity contribution is 0.0921. The van der Waals surface area contributed by atoms with Gasteiger partial charge in [-0.25, -0.2) is 4.98 Å². The average molecular weight is 443 g/mol. The van der Waals surface area contributed by atoms with E-state index in [2.05, 4.69) is 13.0 Å². The van der Waals surface area contributed by atoms with Gasteiger partial charge in [0.2, 0.25) is 0 Å². The summed E-state index contributed by atoms with van der Waals surface area (Å²) in [5.74, 6) is -0.109. The van der Waals surface area contributed by atoms with E-state index in [0.717, 1.165) is 39.8 Å². The molecule has 2 aromatic heterocycles. The van der Waals surface area contributed by atoms with Crippen LogP contribution in [0, 0.1) is 6.92 Å². The van der Waals surface area contributed by atoms with Gasteiger partial charge in [0, 0.05) is 16.7 Å². The highest BCUT2D eigenvalue weighted by molar-refractivity contribution is 7.23. The molecule has 1 aliphatic heterocycles. The van der Waals surface area contributed by atoms with E-state index in [-0.39, 0.29) is 12.0 Å². The van der Waals surface area contributed by atoms with Crippen molar-refractivity contribution < 1.29 is 9.53 Å². The summed E-state index contributed by atoms with van der Waals surface area (Å²) in [7, 11) is 0. The fourth-order valence-corrected chi connectivity index (χ4v) is 6.18. The first-order chi connectivity index (χ1) is 14.1. The standard InChI is InChI=1S/C22H19ClN2O2S2/c1-13-8-9-16-18(11-13)29-22(24-16)25(12-14-5-4-10-27-14)21(26)20-19(23)15-6-2-3-7-17(15)28-20/h2-3,6-9,11,14H,4-5,10,12H2,1H3. The van der Waals surface area contributed by atoms with Crippen LogP contribution in [0.5, 0.6) is 0 Å². The number of carbonyl (C=O) groups excluding carboxylic acids is 1. The van der Waals surface area contributed by atoms with Gasteiger partial charge in [-0.15, -0.1) is 11.3 Å².